The Hall–Kier alpha value is -1.46. The van der Waals surface area contributed by atoms with Crippen LogP contribution in [0.15, 0.2) is 24.5 Å². The van der Waals surface area contributed by atoms with Gasteiger partial charge in [0.05, 0.1) is 5.56 Å². The molecule has 2 heterocycles. The molecule has 5 heteroatoms. The molecule has 16 heavy (non-hydrogen) atoms. The van der Waals surface area contributed by atoms with Crippen LogP contribution in [-0.4, -0.2) is 41.7 Å². The first-order valence-electron chi connectivity index (χ1n) is 5.33. The highest BCUT2D eigenvalue weighted by molar-refractivity contribution is 5.94. The van der Waals surface area contributed by atoms with Crippen molar-refractivity contribution in [1.29, 1.82) is 0 Å². The number of carbonyl (C=O) groups is 1. The van der Waals surface area contributed by atoms with Crippen molar-refractivity contribution in [3.8, 4) is 0 Å². The van der Waals surface area contributed by atoms with Gasteiger partial charge < -0.3 is 15.7 Å². The van der Waals surface area contributed by atoms with Crippen LogP contribution in [0.5, 0.6) is 0 Å². The van der Waals surface area contributed by atoms with Crippen LogP contribution in [0.3, 0.4) is 0 Å². The average Bonchev–Trinajstić information content (AvgIpc) is 2.77. The van der Waals surface area contributed by atoms with Gasteiger partial charge >= 0.3 is 0 Å². The topological polar surface area (TPSA) is 74.2 Å². The quantitative estimate of drug-likeness (QED) is 0.636. The lowest BCUT2D eigenvalue weighted by Crippen LogP contribution is -2.41. The first-order valence-corrected chi connectivity index (χ1v) is 5.33. The minimum Gasteiger partial charge on any atom is -0.396 e. The summed E-state index contributed by atoms with van der Waals surface area (Å²) in [7, 11) is 0. The molecule has 3 N–H and O–H groups in total. The third kappa shape index (κ3) is 2.37. The summed E-state index contributed by atoms with van der Waals surface area (Å²) in [6.07, 6.45) is 3.16. The number of aliphatic hydroxyl groups is 1. The molecule has 1 fully saturated rings. The summed E-state index contributed by atoms with van der Waals surface area (Å²) in [6, 6.07) is 3.45. The average molecular weight is 221 g/mol. The standard InChI is InChI=1S/C11H15N3O2/c15-7-9-5-13-6-10(9)14-11(16)8-2-1-3-12-4-8/h1-4,9-10,13,15H,5-7H2,(H,14,16)/t9-,10+/m0/s1. The van der Waals surface area contributed by atoms with Crippen LogP contribution < -0.4 is 10.6 Å². The minimum atomic E-state index is -0.139. The Kier molecular flexibility index (Phi) is 3.48. The lowest BCUT2D eigenvalue weighted by Gasteiger charge is -2.17. The number of aromatic nitrogens is 1. The molecule has 0 saturated carbocycles. The Labute approximate surface area is 93.9 Å². The van der Waals surface area contributed by atoms with Crippen LogP contribution >= 0.6 is 0 Å². The summed E-state index contributed by atoms with van der Waals surface area (Å²) in [5.74, 6) is -0.0409. The Morgan fingerprint density at radius 3 is 3.19 bits per heavy atom. The number of pyridine rings is 1. The molecular formula is C11H15N3O2. The van der Waals surface area contributed by atoms with E-state index in [1.165, 1.54) is 6.20 Å². The zero-order chi connectivity index (χ0) is 11.4. The van der Waals surface area contributed by atoms with Gasteiger partial charge in [-0.05, 0) is 12.1 Å². The number of aliphatic hydroxyl groups excluding tert-OH is 1. The first-order chi connectivity index (χ1) is 7.81. The molecule has 0 unspecified atom stereocenters. The van der Waals surface area contributed by atoms with Gasteiger partial charge in [-0.25, -0.2) is 0 Å². The smallest absolute Gasteiger partial charge is 0.253 e. The molecule has 2 atom stereocenters. The summed E-state index contributed by atoms with van der Waals surface area (Å²) in [6.45, 7) is 1.54. The molecule has 0 bridgehead atoms. The highest BCUT2D eigenvalue weighted by Crippen LogP contribution is 2.08. The second kappa shape index (κ2) is 5.05. The van der Waals surface area contributed by atoms with E-state index in [9.17, 15) is 4.79 Å². The van der Waals surface area contributed by atoms with Gasteiger partial charge in [-0.15, -0.1) is 0 Å². The molecule has 1 saturated heterocycles. The number of carbonyl (C=O) groups excluding carboxylic acids is 1. The van der Waals surface area contributed by atoms with Crippen molar-refractivity contribution < 1.29 is 9.90 Å². The van der Waals surface area contributed by atoms with Gasteiger partial charge in [0.1, 0.15) is 0 Å². The number of amides is 1. The van der Waals surface area contributed by atoms with Gasteiger partial charge in [0.15, 0.2) is 0 Å². The van der Waals surface area contributed by atoms with Crippen molar-refractivity contribution in [2.75, 3.05) is 19.7 Å². The summed E-state index contributed by atoms with van der Waals surface area (Å²) in [5, 5.41) is 15.2. The van der Waals surface area contributed by atoms with Crippen LogP contribution in [0, 0.1) is 5.92 Å². The molecule has 1 amide bonds. The van der Waals surface area contributed by atoms with E-state index in [-0.39, 0.29) is 24.5 Å². The Morgan fingerprint density at radius 1 is 1.62 bits per heavy atom. The number of nitrogens with one attached hydrogen (secondary N) is 2. The molecule has 0 aliphatic carbocycles. The van der Waals surface area contributed by atoms with E-state index in [4.69, 9.17) is 5.11 Å². The molecule has 2 rings (SSSR count). The van der Waals surface area contributed by atoms with Crippen molar-refractivity contribution >= 4 is 5.91 Å². The lowest BCUT2D eigenvalue weighted by molar-refractivity contribution is 0.0921. The van der Waals surface area contributed by atoms with Crippen molar-refractivity contribution in [2.24, 2.45) is 5.92 Å². The number of rotatable bonds is 3. The van der Waals surface area contributed by atoms with Gasteiger partial charge in [0.2, 0.25) is 0 Å². The van der Waals surface area contributed by atoms with Crippen LogP contribution in [-0.2, 0) is 0 Å². The number of nitrogens with zero attached hydrogens (tertiary/aromatic N) is 1. The maximum absolute atomic E-state index is 11.8. The fourth-order valence-electron chi connectivity index (χ4n) is 1.84. The van der Waals surface area contributed by atoms with Gasteiger partial charge in [0.25, 0.3) is 5.91 Å². The highest BCUT2D eigenvalue weighted by atomic mass is 16.3. The van der Waals surface area contributed by atoms with Crippen LogP contribution in [0.4, 0.5) is 0 Å². The second-order valence-corrected chi connectivity index (χ2v) is 3.92. The van der Waals surface area contributed by atoms with E-state index < -0.39 is 0 Å². The molecule has 1 aromatic heterocycles. The number of hydrogen-bond acceptors (Lipinski definition) is 4. The molecule has 5 nitrogen and oxygen atoms in total. The van der Waals surface area contributed by atoms with Crippen molar-refractivity contribution in [3.05, 3.63) is 30.1 Å². The van der Waals surface area contributed by atoms with E-state index in [0.717, 1.165) is 6.54 Å². The van der Waals surface area contributed by atoms with Crippen LogP contribution in [0.25, 0.3) is 0 Å². The third-order valence-corrected chi connectivity index (χ3v) is 2.81. The van der Waals surface area contributed by atoms with Crippen LogP contribution in [0.2, 0.25) is 0 Å². The molecule has 1 aliphatic heterocycles. The molecule has 86 valence electrons. The molecular weight excluding hydrogens is 206 g/mol. The lowest BCUT2D eigenvalue weighted by atomic mass is 10.0. The molecule has 1 aliphatic rings. The van der Waals surface area contributed by atoms with Crippen molar-refractivity contribution in [1.82, 2.24) is 15.6 Å². The van der Waals surface area contributed by atoms with Crippen LogP contribution in [0.1, 0.15) is 10.4 Å². The zero-order valence-corrected chi connectivity index (χ0v) is 8.89. The number of hydrogen-bond donors (Lipinski definition) is 3. The Balaban J connectivity index is 1.97. The van der Waals surface area contributed by atoms with Gasteiger partial charge in [-0.3, -0.25) is 9.78 Å². The van der Waals surface area contributed by atoms with Crippen molar-refractivity contribution in [2.45, 2.75) is 6.04 Å². The largest absolute Gasteiger partial charge is 0.396 e. The Morgan fingerprint density at radius 2 is 2.50 bits per heavy atom. The monoisotopic (exact) mass is 221 g/mol. The zero-order valence-electron chi connectivity index (χ0n) is 8.89. The minimum absolute atomic E-state index is 0.00212. The van der Waals surface area contributed by atoms with Crippen molar-refractivity contribution in [3.63, 3.8) is 0 Å². The third-order valence-electron chi connectivity index (χ3n) is 2.81. The highest BCUT2D eigenvalue weighted by Gasteiger charge is 2.27. The maximum Gasteiger partial charge on any atom is 0.253 e. The maximum atomic E-state index is 11.8. The fourth-order valence-corrected chi connectivity index (χ4v) is 1.84. The second-order valence-electron chi connectivity index (χ2n) is 3.92. The molecule has 1 aromatic rings. The summed E-state index contributed by atoms with van der Waals surface area (Å²) < 4.78 is 0. The fraction of sp³-hybridized carbons (Fsp3) is 0.455. The predicted molar refractivity (Wildman–Crippen MR) is 58.9 cm³/mol. The molecule has 0 spiro atoms. The normalized spacial score (nSPS) is 24.3. The first kappa shape index (κ1) is 11.0. The van der Waals surface area contributed by atoms with E-state index in [0.29, 0.717) is 12.1 Å². The summed E-state index contributed by atoms with van der Waals surface area (Å²) in [4.78, 5) is 15.7. The summed E-state index contributed by atoms with van der Waals surface area (Å²) in [5.41, 5.74) is 0.547. The van der Waals surface area contributed by atoms with E-state index >= 15 is 0 Å². The SMILES string of the molecule is O=C(N[C@@H]1CNC[C@H]1CO)c1cccnc1. The predicted octanol–water partition coefficient (Wildman–Crippen LogP) is -0.608. The van der Waals surface area contributed by atoms with Gasteiger partial charge in [0, 0.05) is 44.0 Å². The van der Waals surface area contributed by atoms with E-state index in [1.807, 2.05) is 0 Å². The van der Waals surface area contributed by atoms with Gasteiger partial charge in [-0.1, -0.05) is 0 Å². The molecule has 0 radical (unpaired) electrons. The van der Waals surface area contributed by atoms with E-state index in [2.05, 4.69) is 15.6 Å². The van der Waals surface area contributed by atoms with E-state index in [1.54, 1.807) is 18.3 Å². The van der Waals surface area contributed by atoms with Gasteiger partial charge in [-0.2, -0.15) is 0 Å². The Bertz CT molecular complexity index is 356. The molecule has 0 aromatic carbocycles. The summed E-state index contributed by atoms with van der Waals surface area (Å²) >= 11 is 0.